The Hall–Kier alpha value is -6.31. The van der Waals surface area contributed by atoms with E-state index in [0.29, 0.717) is 0 Å². The third-order valence-electron chi connectivity index (χ3n) is 7.50. The lowest BCUT2D eigenvalue weighted by Crippen LogP contribution is -2.59. The van der Waals surface area contributed by atoms with E-state index in [4.69, 9.17) is 40.1 Å². The van der Waals surface area contributed by atoms with E-state index in [-0.39, 0.29) is 50.7 Å². The lowest BCUT2D eigenvalue weighted by molar-refractivity contribution is -0.135. The number of aliphatic imine (C=N–C) groups is 2. The molecule has 22 N–H and O–H groups in total. The first kappa shape index (κ1) is 49.7. The number of nitrogens with one attached hydrogen (secondary N) is 7. The van der Waals surface area contributed by atoms with E-state index >= 15 is 0 Å². The van der Waals surface area contributed by atoms with Gasteiger partial charge in [-0.2, -0.15) is 0 Å². The summed E-state index contributed by atoms with van der Waals surface area (Å²) in [5.74, 6) is -8.38. The summed E-state index contributed by atoms with van der Waals surface area (Å²) < 4.78 is 0. The van der Waals surface area contributed by atoms with Crippen LogP contribution in [0.15, 0.2) is 9.98 Å². The summed E-state index contributed by atoms with van der Waals surface area (Å²) in [4.78, 5) is 120. The molecule has 0 radical (unpaired) electrons. The second kappa shape index (κ2) is 25.7. The van der Waals surface area contributed by atoms with Crippen LogP contribution in [0, 0.1) is 0 Å². The van der Waals surface area contributed by atoms with E-state index in [0.717, 1.165) is 0 Å². The molecule has 7 atom stereocenters. The van der Waals surface area contributed by atoms with Crippen molar-refractivity contribution in [1.29, 1.82) is 0 Å². The molecule has 0 aliphatic heterocycles. The molecule has 316 valence electrons. The SMILES string of the molecule is CC(NC(=O)C(C)NC(=O)C(CC(N)=O)NC(=O)CN)C(=O)NC(CO)C(=O)NC(C)C(=O)NC(CCCN=C(N)N)C(=O)NC(CCCN=C(N)N)C(N)=O. The molecule has 56 heavy (non-hydrogen) atoms. The normalized spacial score (nSPS) is 14.3. The molecule has 0 aliphatic rings. The zero-order valence-corrected chi connectivity index (χ0v) is 31.5. The van der Waals surface area contributed by atoms with Crippen LogP contribution in [0.5, 0.6) is 0 Å². The number of primary amides is 2. The van der Waals surface area contributed by atoms with Gasteiger partial charge in [0.05, 0.1) is 19.6 Å². The van der Waals surface area contributed by atoms with Crippen molar-refractivity contribution in [2.75, 3.05) is 26.2 Å². The highest BCUT2D eigenvalue weighted by Gasteiger charge is 2.31. The van der Waals surface area contributed by atoms with Gasteiger partial charge in [0.25, 0.3) is 0 Å². The Balaban J connectivity index is 5.51. The summed E-state index contributed by atoms with van der Waals surface area (Å²) in [6.45, 7) is 2.53. The molecule has 0 saturated carbocycles. The maximum Gasteiger partial charge on any atom is 0.245 e. The average Bonchev–Trinajstić information content (AvgIpc) is 3.11. The monoisotopic (exact) mass is 800 g/mol. The number of rotatable bonds is 26. The van der Waals surface area contributed by atoms with Crippen molar-refractivity contribution in [1.82, 2.24) is 37.2 Å². The fourth-order valence-corrected chi connectivity index (χ4v) is 4.45. The van der Waals surface area contributed by atoms with Gasteiger partial charge in [0.2, 0.25) is 53.2 Å². The molecule has 0 saturated heterocycles. The fraction of sp³-hybridized carbons (Fsp3) is 0.633. The molecule has 0 spiro atoms. The van der Waals surface area contributed by atoms with E-state index in [1.165, 1.54) is 20.8 Å². The van der Waals surface area contributed by atoms with Crippen molar-refractivity contribution in [3.63, 3.8) is 0 Å². The van der Waals surface area contributed by atoms with Gasteiger partial charge in [-0.1, -0.05) is 0 Å². The topological polar surface area (TPSA) is 465 Å². The Kier molecular flexibility index (Phi) is 22.8. The highest BCUT2D eigenvalue weighted by molar-refractivity contribution is 5.98. The van der Waals surface area contributed by atoms with Crippen LogP contribution >= 0.6 is 0 Å². The van der Waals surface area contributed by atoms with Crippen LogP contribution in [0.25, 0.3) is 0 Å². The number of hydrogen-bond donors (Lipinski definition) is 15. The van der Waals surface area contributed by atoms with Gasteiger partial charge in [-0.3, -0.25) is 53.1 Å². The Labute approximate surface area is 322 Å². The highest BCUT2D eigenvalue weighted by Crippen LogP contribution is 2.04. The first-order valence-electron chi connectivity index (χ1n) is 17.2. The molecule has 0 bridgehead atoms. The summed E-state index contributed by atoms with van der Waals surface area (Å²) in [6.07, 6.45) is -0.0638. The van der Waals surface area contributed by atoms with E-state index in [9.17, 15) is 48.3 Å². The van der Waals surface area contributed by atoms with Crippen molar-refractivity contribution in [2.45, 2.75) is 95.2 Å². The average molecular weight is 801 g/mol. The molecule has 0 aromatic heterocycles. The molecule has 0 aliphatic carbocycles. The van der Waals surface area contributed by atoms with Crippen LogP contribution < -0.4 is 77.4 Å². The van der Waals surface area contributed by atoms with Gasteiger partial charge in [0.1, 0.15) is 42.3 Å². The van der Waals surface area contributed by atoms with Gasteiger partial charge in [-0.15, -0.1) is 0 Å². The summed E-state index contributed by atoms with van der Waals surface area (Å²) in [6, 6.07) is -9.44. The molecule has 0 heterocycles. The van der Waals surface area contributed by atoms with Crippen LogP contribution in [0.1, 0.15) is 52.9 Å². The second-order valence-corrected chi connectivity index (χ2v) is 12.4. The predicted molar refractivity (Wildman–Crippen MR) is 200 cm³/mol. The zero-order valence-electron chi connectivity index (χ0n) is 31.5. The van der Waals surface area contributed by atoms with Gasteiger partial charge in [-0.25, -0.2) is 0 Å². The molecular formula is C30H56N16O10. The minimum absolute atomic E-state index is 0.0193. The first-order chi connectivity index (χ1) is 26.1. The standard InChI is InChI=1S/C30H56N16O10/c1-13(41-27(55)18(10-20(32)48)43-21(49)11-31)23(51)40-14(2)25(53)46-19(12-47)28(56)42-15(3)24(52)45-17(7-5-9-39-30(36)37)26(54)44-16(22(33)50)6-4-8-38-29(34)35/h13-19,47H,4-12,31H2,1-3H3,(H2,32,48)(H2,33,50)(H,40,51)(H,41,55)(H,42,56)(H,43,49)(H,44,54)(H,45,52)(H,46,53)(H4,34,35,38)(H4,36,37,39). The molecule has 26 nitrogen and oxygen atoms in total. The number of amides is 9. The quantitative estimate of drug-likeness (QED) is 0.0219. The number of nitrogens with two attached hydrogens (primary N) is 7. The third-order valence-corrected chi connectivity index (χ3v) is 7.50. The zero-order chi connectivity index (χ0) is 43.1. The molecule has 0 fully saturated rings. The lowest BCUT2D eigenvalue weighted by atomic mass is 10.1. The summed E-state index contributed by atoms with van der Waals surface area (Å²) >= 11 is 0. The molecule has 0 aromatic rings. The summed E-state index contributed by atoms with van der Waals surface area (Å²) in [7, 11) is 0. The second-order valence-electron chi connectivity index (χ2n) is 12.4. The number of carbonyl (C=O) groups excluding carboxylic acids is 9. The van der Waals surface area contributed by atoms with Crippen molar-refractivity contribution >= 4 is 65.1 Å². The van der Waals surface area contributed by atoms with Gasteiger partial charge in [0, 0.05) is 13.1 Å². The molecule has 0 rings (SSSR count). The maximum absolute atomic E-state index is 13.2. The number of aliphatic hydroxyl groups excluding tert-OH is 1. The Morgan fingerprint density at radius 3 is 1.30 bits per heavy atom. The van der Waals surface area contributed by atoms with Crippen molar-refractivity contribution < 1.29 is 48.3 Å². The first-order valence-corrected chi connectivity index (χ1v) is 17.2. The van der Waals surface area contributed by atoms with Gasteiger partial charge >= 0.3 is 0 Å². The molecule has 0 aromatic carbocycles. The van der Waals surface area contributed by atoms with Gasteiger partial charge in [0.15, 0.2) is 11.9 Å². The van der Waals surface area contributed by atoms with Gasteiger partial charge < -0.3 is 82.5 Å². The van der Waals surface area contributed by atoms with Crippen molar-refractivity contribution in [2.24, 2.45) is 50.1 Å². The minimum Gasteiger partial charge on any atom is -0.394 e. The van der Waals surface area contributed by atoms with Crippen molar-refractivity contribution in [3.8, 4) is 0 Å². The third kappa shape index (κ3) is 20.2. The van der Waals surface area contributed by atoms with Crippen LogP contribution in [-0.2, 0) is 43.2 Å². The lowest BCUT2D eigenvalue weighted by Gasteiger charge is -2.25. The predicted octanol–water partition coefficient (Wildman–Crippen LogP) is -9.14. The summed E-state index contributed by atoms with van der Waals surface area (Å²) in [5.41, 5.74) is 37.0. The van der Waals surface area contributed by atoms with E-state index < -0.39 is 115 Å². The smallest absolute Gasteiger partial charge is 0.245 e. The highest BCUT2D eigenvalue weighted by atomic mass is 16.3. The van der Waals surface area contributed by atoms with Crippen LogP contribution in [0.4, 0.5) is 0 Å². The van der Waals surface area contributed by atoms with Crippen LogP contribution in [0.3, 0.4) is 0 Å². The summed E-state index contributed by atoms with van der Waals surface area (Å²) in [5, 5.41) is 26.0. The minimum atomic E-state index is -1.62. The number of carbonyl (C=O) groups is 9. The van der Waals surface area contributed by atoms with Crippen LogP contribution in [0.2, 0.25) is 0 Å². The maximum atomic E-state index is 13.2. The fourth-order valence-electron chi connectivity index (χ4n) is 4.45. The van der Waals surface area contributed by atoms with E-state index in [1.807, 2.05) is 0 Å². The molecule has 7 unspecified atom stereocenters. The molecule has 9 amide bonds. The largest absolute Gasteiger partial charge is 0.394 e. The van der Waals surface area contributed by atoms with Gasteiger partial charge in [-0.05, 0) is 46.5 Å². The number of aliphatic hydroxyl groups is 1. The van der Waals surface area contributed by atoms with E-state index in [2.05, 4.69) is 47.2 Å². The number of nitrogens with zero attached hydrogens (tertiary/aromatic N) is 2. The Morgan fingerprint density at radius 1 is 0.518 bits per heavy atom. The Morgan fingerprint density at radius 2 is 0.893 bits per heavy atom. The van der Waals surface area contributed by atoms with Crippen molar-refractivity contribution in [3.05, 3.63) is 0 Å². The van der Waals surface area contributed by atoms with E-state index in [1.54, 1.807) is 0 Å². The number of hydrogen-bond acceptors (Lipinski definition) is 13. The van der Waals surface area contributed by atoms with Crippen LogP contribution in [-0.4, -0.2) is 139 Å². The molecular weight excluding hydrogens is 744 g/mol. The Bertz CT molecular complexity index is 1470. The molecule has 26 heteroatoms. The number of guanidine groups is 2.